The summed E-state index contributed by atoms with van der Waals surface area (Å²) in [4.78, 5) is 28.6. The standard InChI is InChI=1S/C22H21N3O2/c1-16(18-5-3-2-4-6-18)25-22(27)20-9-7-19(8-10-20)21(26)24-15-17-11-13-23-14-12-17/h2-14,16H,15H2,1H3,(H,24,26)(H,25,27). The van der Waals surface area contributed by atoms with Gasteiger partial charge in [-0.05, 0) is 54.4 Å². The van der Waals surface area contributed by atoms with Gasteiger partial charge in [-0.15, -0.1) is 0 Å². The lowest BCUT2D eigenvalue weighted by atomic mass is 10.1. The van der Waals surface area contributed by atoms with Gasteiger partial charge in [-0.2, -0.15) is 0 Å². The highest BCUT2D eigenvalue weighted by molar-refractivity contribution is 5.97. The first-order valence-electron chi connectivity index (χ1n) is 8.76. The van der Waals surface area contributed by atoms with Crippen LogP contribution in [0, 0.1) is 0 Å². The van der Waals surface area contributed by atoms with Crippen LogP contribution in [0.5, 0.6) is 0 Å². The number of carbonyl (C=O) groups excluding carboxylic acids is 2. The summed E-state index contributed by atoms with van der Waals surface area (Å²) in [5, 5.41) is 5.81. The Morgan fingerprint density at radius 3 is 2.07 bits per heavy atom. The van der Waals surface area contributed by atoms with Gasteiger partial charge in [0, 0.05) is 30.1 Å². The maximum Gasteiger partial charge on any atom is 0.251 e. The van der Waals surface area contributed by atoms with Crippen LogP contribution in [0.15, 0.2) is 79.1 Å². The van der Waals surface area contributed by atoms with Gasteiger partial charge in [-0.25, -0.2) is 0 Å². The van der Waals surface area contributed by atoms with E-state index in [2.05, 4.69) is 15.6 Å². The number of pyridine rings is 1. The molecule has 1 unspecified atom stereocenters. The van der Waals surface area contributed by atoms with E-state index in [4.69, 9.17) is 0 Å². The molecule has 5 nitrogen and oxygen atoms in total. The summed E-state index contributed by atoms with van der Waals surface area (Å²) >= 11 is 0. The molecule has 2 aromatic carbocycles. The van der Waals surface area contributed by atoms with Crippen molar-refractivity contribution in [2.45, 2.75) is 19.5 Å². The van der Waals surface area contributed by atoms with E-state index in [1.165, 1.54) is 0 Å². The molecule has 2 N–H and O–H groups in total. The minimum absolute atomic E-state index is 0.0953. The van der Waals surface area contributed by atoms with Crippen molar-refractivity contribution in [3.63, 3.8) is 0 Å². The third-order valence-corrected chi connectivity index (χ3v) is 4.26. The highest BCUT2D eigenvalue weighted by Crippen LogP contribution is 2.13. The fraction of sp³-hybridized carbons (Fsp3) is 0.136. The quantitative estimate of drug-likeness (QED) is 0.708. The largest absolute Gasteiger partial charge is 0.348 e. The van der Waals surface area contributed by atoms with Crippen LogP contribution in [-0.4, -0.2) is 16.8 Å². The normalized spacial score (nSPS) is 11.4. The van der Waals surface area contributed by atoms with Crippen molar-refractivity contribution in [2.75, 3.05) is 0 Å². The molecule has 0 radical (unpaired) electrons. The Labute approximate surface area is 158 Å². The summed E-state index contributed by atoms with van der Waals surface area (Å²) in [6, 6.07) is 20.0. The summed E-state index contributed by atoms with van der Waals surface area (Å²) in [5.74, 6) is -0.355. The van der Waals surface area contributed by atoms with Crippen molar-refractivity contribution in [3.8, 4) is 0 Å². The smallest absolute Gasteiger partial charge is 0.251 e. The molecule has 1 atom stereocenters. The maximum atomic E-state index is 12.4. The minimum atomic E-state index is -0.184. The third-order valence-electron chi connectivity index (χ3n) is 4.26. The number of hydrogen-bond acceptors (Lipinski definition) is 3. The molecule has 1 heterocycles. The van der Waals surface area contributed by atoms with Crippen LogP contribution in [0.25, 0.3) is 0 Å². The second kappa shape index (κ2) is 8.76. The highest BCUT2D eigenvalue weighted by atomic mass is 16.2. The zero-order chi connectivity index (χ0) is 19.1. The zero-order valence-corrected chi connectivity index (χ0v) is 15.1. The average molecular weight is 359 g/mol. The molecule has 136 valence electrons. The van der Waals surface area contributed by atoms with Crippen LogP contribution in [0.1, 0.15) is 44.8 Å². The fourth-order valence-electron chi connectivity index (χ4n) is 2.66. The number of rotatable bonds is 6. The van der Waals surface area contributed by atoms with E-state index in [0.717, 1.165) is 11.1 Å². The van der Waals surface area contributed by atoms with Gasteiger partial charge in [0.1, 0.15) is 0 Å². The SMILES string of the molecule is CC(NC(=O)c1ccc(C(=O)NCc2ccncc2)cc1)c1ccccc1. The van der Waals surface area contributed by atoms with E-state index < -0.39 is 0 Å². The van der Waals surface area contributed by atoms with Gasteiger partial charge >= 0.3 is 0 Å². The summed E-state index contributed by atoms with van der Waals surface area (Å²) in [7, 11) is 0. The summed E-state index contributed by atoms with van der Waals surface area (Å²) in [6.07, 6.45) is 3.37. The molecule has 1 aromatic heterocycles. The minimum Gasteiger partial charge on any atom is -0.348 e. The molecule has 0 saturated carbocycles. The first-order chi connectivity index (χ1) is 13.1. The van der Waals surface area contributed by atoms with E-state index in [1.54, 1.807) is 36.7 Å². The number of hydrogen-bond donors (Lipinski definition) is 2. The summed E-state index contributed by atoms with van der Waals surface area (Å²) in [5.41, 5.74) is 3.04. The van der Waals surface area contributed by atoms with Crippen LogP contribution in [0.4, 0.5) is 0 Å². The topological polar surface area (TPSA) is 71.1 Å². The van der Waals surface area contributed by atoms with Crippen LogP contribution >= 0.6 is 0 Å². The molecule has 3 aromatic rings. The van der Waals surface area contributed by atoms with Crippen molar-refractivity contribution >= 4 is 11.8 Å². The number of amides is 2. The summed E-state index contributed by atoms with van der Waals surface area (Å²) in [6.45, 7) is 2.37. The van der Waals surface area contributed by atoms with Gasteiger partial charge in [0.05, 0.1) is 6.04 Å². The van der Waals surface area contributed by atoms with Crippen molar-refractivity contribution in [1.29, 1.82) is 0 Å². The molecule has 0 spiro atoms. The Balaban J connectivity index is 1.57. The van der Waals surface area contributed by atoms with Gasteiger partial charge in [-0.1, -0.05) is 30.3 Å². The lowest BCUT2D eigenvalue weighted by Crippen LogP contribution is -2.27. The van der Waals surface area contributed by atoms with Crippen LogP contribution in [-0.2, 0) is 6.54 Å². The highest BCUT2D eigenvalue weighted by Gasteiger charge is 2.12. The van der Waals surface area contributed by atoms with Crippen molar-refractivity contribution in [2.24, 2.45) is 0 Å². The van der Waals surface area contributed by atoms with Crippen molar-refractivity contribution < 1.29 is 9.59 Å². The predicted octanol–water partition coefficient (Wildman–Crippen LogP) is 3.50. The molecule has 0 saturated heterocycles. The Morgan fingerprint density at radius 2 is 1.44 bits per heavy atom. The van der Waals surface area contributed by atoms with Crippen LogP contribution < -0.4 is 10.6 Å². The lowest BCUT2D eigenvalue weighted by molar-refractivity contribution is 0.0932. The first kappa shape index (κ1) is 18.3. The Bertz CT molecular complexity index is 894. The first-order valence-corrected chi connectivity index (χ1v) is 8.76. The molecule has 3 rings (SSSR count). The molecule has 5 heteroatoms. The molecule has 0 aliphatic carbocycles. The Hall–Kier alpha value is -3.47. The van der Waals surface area contributed by atoms with E-state index in [1.807, 2.05) is 49.4 Å². The second-order valence-corrected chi connectivity index (χ2v) is 6.22. The molecule has 0 aliphatic rings. The second-order valence-electron chi connectivity index (χ2n) is 6.22. The van der Waals surface area contributed by atoms with Crippen LogP contribution in [0.3, 0.4) is 0 Å². The predicted molar refractivity (Wildman–Crippen MR) is 104 cm³/mol. The van der Waals surface area contributed by atoms with E-state index in [9.17, 15) is 9.59 Å². The average Bonchev–Trinajstić information content (AvgIpc) is 2.73. The monoisotopic (exact) mass is 359 g/mol. The van der Waals surface area contributed by atoms with Gasteiger partial charge in [0.15, 0.2) is 0 Å². The number of aromatic nitrogens is 1. The van der Waals surface area contributed by atoms with E-state index in [0.29, 0.717) is 17.7 Å². The van der Waals surface area contributed by atoms with Crippen molar-refractivity contribution in [1.82, 2.24) is 15.6 Å². The van der Waals surface area contributed by atoms with E-state index >= 15 is 0 Å². The number of benzene rings is 2. The molecule has 0 aliphatic heterocycles. The Morgan fingerprint density at radius 1 is 0.852 bits per heavy atom. The summed E-state index contributed by atoms with van der Waals surface area (Å²) < 4.78 is 0. The fourth-order valence-corrected chi connectivity index (χ4v) is 2.66. The molecule has 27 heavy (non-hydrogen) atoms. The molecule has 2 amide bonds. The molecule has 0 bridgehead atoms. The van der Waals surface area contributed by atoms with Crippen molar-refractivity contribution in [3.05, 3.63) is 101 Å². The van der Waals surface area contributed by atoms with Gasteiger partial charge in [-0.3, -0.25) is 14.6 Å². The van der Waals surface area contributed by atoms with Gasteiger partial charge in [0.2, 0.25) is 0 Å². The van der Waals surface area contributed by atoms with Gasteiger partial charge < -0.3 is 10.6 Å². The number of carbonyl (C=O) groups is 2. The van der Waals surface area contributed by atoms with Crippen LogP contribution in [0.2, 0.25) is 0 Å². The molecule has 0 fully saturated rings. The number of nitrogens with zero attached hydrogens (tertiary/aromatic N) is 1. The van der Waals surface area contributed by atoms with E-state index in [-0.39, 0.29) is 17.9 Å². The molecular formula is C22H21N3O2. The lowest BCUT2D eigenvalue weighted by Gasteiger charge is -2.14. The zero-order valence-electron chi connectivity index (χ0n) is 15.1. The Kier molecular flexibility index (Phi) is 5.94. The molecular weight excluding hydrogens is 338 g/mol. The maximum absolute atomic E-state index is 12.4. The van der Waals surface area contributed by atoms with Gasteiger partial charge in [0.25, 0.3) is 11.8 Å². The number of nitrogens with one attached hydrogen (secondary N) is 2. The third kappa shape index (κ3) is 5.01.